The number of rotatable bonds is 1. The summed E-state index contributed by atoms with van der Waals surface area (Å²) in [6.45, 7) is 0. The summed E-state index contributed by atoms with van der Waals surface area (Å²) in [6.07, 6.45) is 0. The van der Waals surface area contributed by atoms with Gasteiger partial charge in [0.1, 0.15) is 5.75 Å². The lowest BCUT2D eigenvalue weighted by molar-refractivity contribution is 0.0962. The minimum absolute atomic E-state index is 0.0722. The molecule has 2 N–H and O–H groups in total. The molecule has 0 aliphatic rings. The second-order valence-corrected chi connectivity index (χ2v) is 3.19. The summed E-state index contributed by atoms with van der Waals surface area (Å²) in [6, 6.07) is 4.56. The normalized spacial score (nSPS) is 9.50. The van der Waals surface area contributed by atoms with E-state index in [0.717, 1.165) is 0 Å². The van der Waals surface area contributed by atoms with Gasteiger partial charge in [-0.3, -0.25) is 4.79 Å². The van der Waals surface area contributed by atoms with Crippen LogP contribution in [0.2, 0.25) is 0 Å². The largest absolute Gasteiger partial charge is 0.508 e. The lowest BCUT2D eigenvalue weighted by atomic mass is 10.2. The number of halogens is 1. The van der Waals surface area contributed by atoms with E-state index in [-0.39, 0.29) is 11.7 Å². The average molecular weight is 230 g/mol. The smallest absolute Gasteiger partial charge is 0.251 e. The highest BCUT2D eigenvalue weighted by Gasteiger charge is 2.04. The van der Waals surface area contributed by atoms with Crippen molar-refractivity contribution in [2.75, 3.05) is 7.05 Å². The van der Waals surface area contributed by atoms with Crippen molar-refractivity contribution in [1.29, 1.82) is 0 Å². The molecule has 1 rings (SSSR count). The summed E-state index contributed by atoms with van der Waals surface area (Å²) < 4.78 is 0.682. The predicted molar refractivity (Wildman–Crippen MR) is 49.2 cm³/mol. The molecule has 0 aromatic heterocycles. The first kappa shape index (κ1) is 9.06. The number of nitrogens with one attached hydrogen (secondary N) is 1. The Morgan fingerprint density at radius 1 is 1.50 bits per heavy atom. The van der Waals surface area contributed by atoms with Crippen LogP contribution in [0.3, 0.4) is 0 Å². The summed E-state index contributed by atoms with van der Waals surface area (Å²) >= 11 is 3.17. The number of hydrogen-bond donors (Lipinski definition) is 2. The van der Waals surface area contributed by atoms with Gasteiger partial charge < -0.3 is 10.4 Å². The van der Waals surface area contributed by atoms with Crippen LogP contribution in [-0.4, -0.2) is 18.1 Å². The molecule has 3 nitrogen and oxygen atoms in total. The minimum Gasteiger partial charge on any atom is -0.508 e. The number of carbonyl (C=O) groups excluding carboxylic acids is 1. The Kier molecular flexibility index (Phi) is 2.70. The molecule has 0 spiro atoms. The fourth-order valence-electron chi connectivity index (χ4n) is 0.850. The maximum absolute atomic E-state index is 11.1. The highest BCUT2D eigenvalue weighted by Crippen LogP contribution is 2.19. The molecule has 0 saturated heterocycles. The molecular formula is C8H8BrNO2. The monoisotopic (exact) mass is 229 g/mol. The SMILES string of the molecule is CNC(=O)c1cc(O)cc(Br)c1. The van der Waals surface area contributed by atoms with Gasteiger partial charge in [-0.2, -0.15) is 0 Å². The van der Waals surface area contributed by atoms with Crippen molar-refractivity contribution in [3.8, 4) is 5.75 Å². The maximum Gasteiger partial charge on any atom is 0.251 e. The van der Waals surface area contributed by atoms with Crippen LogP contribution in [-0.2, 0) is 0 Å². The van der Waals surface area contributed by atoms with Crippen molar-refractivity contribution >= 4 is 21.8 Å². The van der Waals surface area contributed by atoms with Gasteiger partial charge in [-0.05, 0) is 18.2 Å². The molecule has 0 atom stereocenters. The molecule has 4 heteroatoms. The van der Waals surface area contributed by atoms with Gasteiger partial charge >= 0.3 is 0 Å². The highest BCUT2D eigenvalue weighted by molar-refractivity contribution is 9.10. The third kappa shape index (κ3) is 1.98. The lowest BCUT2D eigenvalue weighted by Crippen LogP contribution is -2.17. The van der Waals surface area contributed by atoms with Crippen molar-refractivity contribution in [3.05, 3.63) is 28.2 Å². The second kappa shape index (κ2) is 3.58. The molecule has 0 aliphatic heterocycles. The van der Waals surface area contributed by atoms with E-state index in [2.05, 4.69) is 21.2 Å². The Hall–Kier alpha value is -1.03. The van der Waals surface area contributed by atoms with E-state index in [1.165, 1.54) is 12.1 Å². The lowest BCUT2D eigenvalue weighted by Gasteiger charge is -2.00. The van der Waals surface area contributed by atoms with E-state index in [9.17, 15) is 4.79 Å². The van der Waals surface area contributed by atoms with E-state index >= 15 is 0 Å². The van der Waals surface area contributed by atoms with Crippen LogP contribution < -0.4 is 5.32 Å². The molecule has 1 amide bonds. The van der Waals surface area contributed by atoms with Crippen LogP contribution in [0.4, 0.5) is 0 Å². The fourth-order valence-corrected chi connectivity index (χ4v) is 1.33. The molecule has 0 aliphatic carbocycles. The third-order valence-corrected chi connectivity index (χ3v) is 1.83. The number of hydrogen-bond acceptors (Lipinski definition) is 2. The fraction of sp³-hybridized carbons (Fsp3) is 0.125. The second-order valence-electron chi connectivity index (χ2n) is 2.28. The molecular weight excluding hydrogens is 222 g/mol. The van der Waals surface area contributed by atoms with E-state index < -0.39 is 0 Å². The Morgan fingerprint density at radius 2 is 2.17 bits per heavy atom. The molecule has 0 unspecified atom stereocenters. The van der Waals surface area contributed by atoms with Crippen LogP contribution in [0.25, 0.3) is 0 Å². The van der Waals surface area contributed by atoms with E-state index in [0.29, 0.717) is 10.0 Å². The Labute approximate surface area is 78.5 Å². The average Bonchev–Trinajstić information content (AvgIpc) is 2.01. The predicted octanol–water partition coefficient (Wildman–Crippen LogP) is 1.51. The Bertz CT molecular complexity index is 292. The van der Waals surface area contributed by atoms with Gasteiger partial charge in [-0.25, -0.2) is 0 Å². The number of phenols is 1. The zero-order chi connectivity index (χ0) is 9.14. The number of aromatic hydroxyl groups is 1. The third-order valence-electron chi connectivity index (χ3n) is 1.37. The molecule has 0 radical (unpaired) electrons. The van der Waals surface area contributed by atoms with E-state index in [1.807, 2.05) is 0 Å². The van der Waals surface area contributed by atoms with Crippen LogP contribution >= 0.6 is 15.9 Å². The van der Waals surface area contributed by atoms with E-state index in [1.54, 1.807) is 13.1 Å². The molecule has 0 fully saturated rings. The van der Waals surface area contributed by atoms with Gasteiger partial charge in [0, 0.05) is 17.1 Å². The summed E-state index contributed by atoms with van der Waals surface area (Å²) in [5.74, 6) is -0.144. The molecule has 0 saturated carbocycles. The summed E-state index contributed by atoms with van der Waals surface area (Å²) in [5, 5.41) is 11.6. The van der Waals surface area contributed by atoms with Gasteiger partial charge in [0.15, 0.2) is 0 Å². The van der Waals surface area contributed by atoms with E-state index in [4.69, 9.17) is 5.11 Å². The minimum atomic E-state index is -0.216. The van der Waals surface area contributed by atoms with Crippen LogP contribution in [0.15, 0.2) is 22.7 Å². The van der Waals surface area contributed by atoms with Gasteiger partial charge in [0.2, 0.25) is 0 Å². The molecule has 12 heavy (non-hydrogen) atoms. The standard InChI is InChI=1S/C8H8BrNO2/c1-10-8(12)5-2-6(9)4-7(11)3-5/h2-4,11H,1H3,(H,10,12). The topological polar surface area (TPSA) is 49.3 Å². The van der Waals surface area contributed by atoms with Crippen molar-refractivity contribution in [3.63, 3.8) is 0 Å². The number of phenolic OH excluding ortho intramolecular Hbond substituents is 1. The summed E-state index contributed by atoms with van der Waals surface area (Å²) in [5.41, 5.74) is 0.435. The van der Waals surface area contributed by atoms with Crippen LogP contribution in [0, 0.1) is 0 Å². The van der Waals surface area contributed by atoms with Gasteiger partial charge in [0.25, 0.3) is 5.91 Å². The van der Waals surface area contributed by atoms with Crippen LogP contribution in [0.1, 0.15) is 10.4 Å². The molecule has 1 aromatic rings. The molecule has 1 aromatic carbocycles. The first-order valence-corrected chi connectivity index (χ1v) is 4.14. The quantitative estimate of drug-likeness (QED) is 0.768. The van der Waals surface area contributed by atoms with Crippen LogP contribution in [0.5, 0.6) is 5.75 Å². The molecule has 64 valence electrons. The molecule has 0 heterocycles. The zero-order valence-corrected chi connectivity index (χ0v) is 8.05. The number of carbonyl (C=O) groups is 1. The highest BCUT2D eigenvalue weighted by atomic mass is 79.9. The number of amides is 1. The van der Waals surface area contributed by atoms with Gasteiger partial charge in [-0.1, -0.05) is 15.9 Å². The first-order valence-electron chi connectivity index (χ1n) is 3.35. The maximum atomic E-state index is 11.1. The summed E-state index contributed by atoms with van der Waals surface area (Å²) in [7, 11) is 1.54. The summed E-state index contributed by atoms with van der Waals surface area (Å²) in [4.78, 5) is 11.1. The van der Waals surface area contributed by atoms with Crippen molar-refractivity contribution in [2.45, 2.75) is 0 Å². The molecule has 0 bridgehead atoms. The Balaban J connectivity index is 3.08. The van der Waals surface area contributed by atoms with Gasteiger partial charge in [0.05, 0.1) is 0 Å². The van der Waals surface area contributed by atoms with Crippen molar-refractivity contribution in [1.82, 2.24) is 5.32 Å². The first-order chi connectivity index (χ1) is 5.63. The van der Waals surface area contributed by atoms with Crippen molar-refractivity contribution < 1.29 is 9.90 Å². The Morgan fingerprint density at radius 3 is 2.67 bits per heavy atom. The number of benzene rings is 1. The van der Waals surface area contributed by atoms with Gasteiger partial charge in [-0.15, -0.1) is 0 Å². The zero-order valence-electron chi connectivity index (χ0n) is 6.47. The van der Waals surface area contributed by atoms with Crippen molar-refractivity contribution in [2.24, 2.45) is 0 Å².